The molecule has 20 heavy (non-hydrogen) atoms. The normalized spacial score (nSPS) is 10.3. The van der Waals surface area contributed by atoms with Gasteiger partial charge in [-0.15, -0.1) is 5.10 Å². The predicted molar refractivity (Wildman–Crippen MR) is 74.8 cm³/mol. The molecule has 0 aliphatic carbocycles. The van der Waals surface area contributed by atoms with Gasteiger partial charge in [0, 0.05) is 18.9 Å². The maximum Gasteiger partial charge on any atom is 0.339 e. The number of aryl methyl sites for hydroxylation is 2. The van der Waals surface area contributed by atoms with E-state index < -0.39 is 5.97 Å². The van der Waals surface area contributed by atoms with E-state index in [2.05, 4.69) is 20.5 Å². The molecule has 2 aromatic heterocycles. The molecule has 2 heterocycles. The number of nitrogens with one attached hydrogen (secondary N) is 1. The summed E-state index contributed by atoms with van der Waals surface area (Å²) in [6.07, 6.45) is 3.47. The van der Waals surface area contributed by atoms with Crippen molar-refractivity contribution >= 4 is 11.8 Å². The number of carbonyl (C=O) groups is 1. The van der Waals surface area contributed by atoms with Crippen molar-refractivity contribution in [1.29, 1.82) is 0 Å². The summed E-state index contributed by atoms with van der Waals surface area (Å²) in [5.41, 5.74) is 3.48. The summed E-state index contributed by atoms with van der Waals surface area (Å²) in [4.78, 5) is 15.4. The number of nitrogens with zero attached hydrogens (tertiary/aromatic N) is 3. The van der Waals surface area contributed by atoms with Gasteiger partial charge in [0.2, 0.25) is 0 Å². The van der Waals surface area contributed by atoms with E-state index in [1.807, 2.05) is 13.0 Å². The molecular formula is C14H16N4O2. The first kappa shape index (κ1) is 13.9. The zero-order chi connectivity index (χ0) is 14.7. The van der Waals surface area contributed by atoms with Crippen LogP contribution < -0.4 is 5.32 Å². The maximum absolute atomic E-state index is 11.4. The van der Waals surface area contributed by atoms with Crippen molar-refractivity contribution < 1.29 is 9.90 Å². The van der Waals surface area contributed by atoms with Gasteiger partial charge in [0.1, 0.15) is 5.56 Å². The first-order valence-corrected chi connectivity index (χ1v) is 6.21. The van der Waals surface area contributed by atoms with Crippen molar-refractivity contribution in [3.05, 3.63) is 46.4 Å². The van der Waals surface area contributed by atoms with Gasteiger partial charge in [0.25, 0.3) is 0 Å². The second-order valence-corrected chi connectivity index (χ2v) is 4.59. The Kier molecular flexibility index (Phi) is 3.93. The molecule has 6 nitrogen and oxygen atoms in total. The van der Waals surface area contributed by atoms with Crippen molar-refractivity contribution in [3.63, 3.8) is 0 Å². The average molecular weight is 272 g/mol. The molecule has 2 rings (SSSR count). The Morgan fingerprint density at radius 1 is 1.30 bits per heavy atom. The van der Waals surface area contributed by atoms with Crippen molar-refractivity contribution in [2.45, 2.75) is 27.3 Å². The van der Waals surface area contributed by atoms with Gasteiger partial charge in [-0.1, -0.05) is 0 Å². The molecule has 6 heteroatoms. The third kappa shape index (κ3) is 2.74. The van der Waals surface area contributed by atoms with Crippen LogP contribution in [0.15, 0.2) is 18.5 Å². The van der Waals surface area contributed by atoms with E-state index in [0.717, 1.165) is 11.1 Å². The molecule has 0 aliphatic rings. The van der Waals surface area contributed by atoms with Crippen LogP contribution in [0.4, 0.5) is 5.82 Å². The van der Waals surface area contributed by atoms with Gasteiger partial charge in [0.05, 0.1) is 5.69 Å². The number of hydrogen-bond acceptors (Lipinski definition) is 5. The molecule has 0 atom stereocenters. The number of pyridine rings is 1. The molecule has 0 spiro atoms. The Balaban J connectivity index is 2.29. The molecule has 104 valence electrons. The fraction of sp³-hybridized carbons (Fsp3) is 0.286. The van der Waals surface area contributed by atoms with Gasteiger partial charge in [-0.05, 0) is 43.5 Å². The van der Waals surface area contributed by atoms with Crippen molar-refractivity contribution in [3.8, 4) is 0 Å². The van der Waals surface area contributed by atoms with Gasteiger partial charge in [0.15, 0.2) is 5.82 Å². The molecule has 0 aliphatic heterocycles. The Bertz CT molecular complexity index is 656. The Morgan fingerprint density at radius 3 is 2.70 bits per heavy atom. The summed E-state index contributed by atoms with van der Waals surface area (Å²) in [7, 11) is 0. The molecule has 0 saturated carbocycles. The fourth-order valence-corrected chi connectivity index (χ4v) is 1.85. The van der Waals surface area contributed by atoms with Crippen molar-refractivity contribution in [1.82, 2.24) is 15.2 Å². The quantitative estimate of drug-likeness (QED) is 0.886. The average Bonchev–Trinajstić information content (AvgIpc) is 2.41. The fourth-order valence-electron chi connectivity index (χ4n) is 1.85. The molecule has 0 unspecified atom stereocenters. The Labute approximate surface area is 116 Å². The zero-order valence-corrected chi connectivity index (χ0v) is 11.6. The van der Waals surface area contributed by atoms with E-state index in [1.165, 1.54) is 0 Å². The molecule has 0 bridgehead atoms. The maximum atomic E-state index is 11.4. The number of hydrogen-bond donors (Lipinski definition) is 2. The number of rotatable bonds is 4. The number of aromatic carboxylic acids is 1. The monoisotopic (exact) mass is 272 g/mol. The molecular weight excluding hydrogens is 256 g/mol. The molecule has 2 N–H and O–H groups in total. The number of carboxylic acid groups (broad SMARTS) is 1. The second-order valence-electron chi connectivity index (χ2n) is 4.59. The van der Waals surface area contributed by atoms with E-state index in [4.69, 9.17) is 0 Å². The van der Waals surface area contributed by atoms with Crippen LogP contribution in [0.1, 0.15) is 32.7 Å². The van der Waals surface area contributed by atoms with Crippen LogP contribution in [-0.4, -0.2) is 26.3 Å². The number of carboxylic acids is 1. The van der Waals surface area contributed by atoms with Gasteiger partial charge in [-0.3, -0.25) is 4.98 Å². The third-order valence-electron chi connectivity index (χ3n) is 3.26. The van der Waals surface area contributed by atoms with E-state index in [-0.39, 0.29) is 11.4 Å². The number of aromatic nitrogens is 3. The van der Waals surface area contributed by atoms with Crippen LogP contribution in [0.25, 0.3) is 0 Å². The highest BCUT2D eigenvalue weighted by atomic mass is 16.4. The zero-order valence-electron chi connectivity index (χ0n) is 11.6. The van der Waals surface area contributed by atoms with Crippen LogP contribution in [-0.2, 0) is 6.54 Å². The number of anilines is 1. The lowest BCUT2D eigenvalue weighted by molar-refractivity contribution is 0.0696. The minimum absolute atomic E-state index is 0.166. The van der Waals surface area contributed by atoms with Gasteiger partial charge >= 0.3 is 5.97 Å². The van der Waals surface area contributed by atoms with Crippen LogP contribution in [0, 0.1) is 20.8 Å². The molecule has 0 aromatic carbocycles. The van der Waals surface area contributed by atoms with Crippen molar-refractivity contribution in [2.24, 2.45) is 0 Å². The lowest BCUT2D eigenvalue weighted by atomic mass is 10.1. The van der Waals surface area contributed by atoms with Crippen molar-refractivity contribution in [2.75, 3.05) is 5.32 Å². The molecule has 0 saturated heterocycles. The van der Waals surface area contributed by atoms with Gasteiger partial charge < -0.3 is 10.4 Å². The summed E-state index contributed by atoms with van der Waals surface area (Å²) in [5, 5.41) is 20.2. The molecule has 0 fully saturated rings. The summed E-state index contributed by atoms with van der Waals surface area (Å²) >= 11 is 0. The van der Waals surface area contributed by atoms with Crippen LogP contribution >= 0.6 is 0 Å². The van der Waals surface area contributed by atoms with Crippen LogP contribution in [0.5, 0.6) is 0 Å². The minimum atomic E-state index is -1.01. The van der Waals surface area contributed by atoms with Gasteiger partial charge in [-0.2, -0.15) is 5.10 Å². The second kappa shape index (κ2) is 5.64. The first-order valence-electron chi connectivity index (χ1n) is 6.21. The highest BCUT2D eigenvalue weighted by molar-refractivity contribution is 5.94. The SMILES string of the molecule is Cc1ccncc1CNc1nnc(C)c(C)c1C(=O)O. The van der Waals surface area contributed by atoms with E-state index in [0.29, 0.717) is 17.8 Å². The Hall–Kier alpha value is -2.50. The van der Waals surface area contributed by atoms with E-state index in [9.17, 15) is 9.90 Å². The highest BCUT2D eigenvalue weighted by Crippen LogP contribution is 2.19. The summed E-state index contributed by atoms with van der Waals surface area (Å²) < 4.78 is 0. The standard InChI is InChI=1S/C14H16N4O2/c1-8-4-5-15-6-11(8)7-16-13-12(14(19)20)9(2)10(3)17-18-13/h4-6H,7H2,1-3H3,(H,16,18)(H,19,20). The Morgan fingerprint density at radius 2 is 2.05 bits per heavy atom. The summed E-state index contributed by atoms with van der Waals surface area (Å²) in [6.45, 7) is 5.90. The summed E-state index contributed by atoms with van der Waals surface area (Å²) in [6, 6.07) is 1.90. The van der Waals surface area contributed by atoms with E-state index in [1.54, 1.807) is 26.2 Å². The summed E-state index contributed by atoms with van der Waals surface area (Å²) in [5.74, 6) is -0.727. The topological polar surface area (TPSA) is 88.0 Å². The third-order valence-corrected chi connectivity index (χ3v) is 3.26. The predicted octanol–water partition coefficient (Wildman–Crippen LogP) is 2.11. The smallest absolute Gasteiger partial charge is 0.339 e. The molecule has 0 radical (unpaired) electrons. The van der Waals surface area contributed by atoms with Gasteiger partial charge in [-0.25, -0.2) is 4.79 Å². The van der Waals surface area contributed by atoms with Crippen LogP contribution in [0.3, 0.4) is 0 Å². The first-order chi connectivity index (χ1) is 9.50. The minimum Gasteiger partial charge on any atom is -0.478 e. The lowest BCUT2D eigenvalue weighted by Crippen LogP contribution is -2.13. The van der Waals surface area contributed by atoms with Crippen LogP contribution in [0.2, 0.25) is 0 Å². The molecule has 0 amide bonds. The largest absolute Gasteiger partial charge is 0.478 e. The van der Waals surface area contributed by atoms with E-state index >= 15 is 0 Å². The lowest BCUT2D eigenvalue weighted by Gasteiger charge is -2.12. The molecule has 2 aromatic rings. The highest BCUT2D eigenvalue weighted by Gasteiger charge is 2.17.